The molecule has 0 aliphatic heterocycles. The molecule has 1 unspecified atom stereocenters. The Morgan fingerprint density at radius 1 is 1.38 bits per heavy atom. The van der Waals surface area contributed by atoms with Crippen LogP contribution >= 0.6 is 0 Å². The zero-order chi connectivity index (χ0) is 10.1. The van der Waals surface area contributed by atoms with Crippen LogP contribution in [0.5, 0.6) is 0 Å². The molecule has 1 saturated carbocycles. The lowest BCUT2D eigenvalue weighted by molar-refractivity contribution is -0.145. The largest absolute Gasteiger partial charge is 0.481 e. The average Bonchev–Trinajstić information content (AvgIpc) is 1.79. The fourth-order valence-corrected chi connectivity index (χ4v) is 2.40. The molecule has 0 heterocycles. The minimum atomic E-state index is -0.965. The molecule has 0 spiro atoms. The predicted molar refractivity (Wildman–Crippen MR) is 49.5 cm³/mol. The van der Waals surface area contributed by atoms with Crippen LogP contribution in [0.3, 0.4) is 0 Å². The first-order valence-corrected chi connectivity index (χ1v) is 4.77. The number of carbonyl (C=O) groups is 1. The molecule has 0 aromatic heterocycles. The van der Waals surface area contributed by atoms with E-state index in [4.69, 9.17) is 5.11 Å². The summed E-state index contributed by atoms with van der Waals surface area (Å²) < 4.78 is 0. The summed E-state index contributed by atoms with van der Waals surface area (Å²) in [7, 11) is 0. The fourth-order valence-electron chi connectivity index (χ4n) is 2.40. The Hall–Kier alpha value is -0.570. The average molecular weight is 186 g/mol. The summed E-state index contributed by atoms with van der Waals surface area (Å²) in [6, 6.07) is 0. The van der Waals surface area contributed by atoms with Gasteiger partial charge in [-0.25, -0.2) is 0 Å². The molecule has 1 aliphatic rings. The van der Waals surface area contributed by atoms with Crippen molar-refractivity contribution in [1.82, 2.24) is 0 Å². The van der Waals surface area contributed by atoms with Crippen LogP contribution < -0.4 is 0 Å². The molecule has 2 N–H and O–H groups in total. The lowest BCUT2D eigenvalue weighted by Gasteiger charge is -2.40. The summed E-state index contributed by atoms with van der Waals surface area (Å²) in [4.78, 5) is 10.5. The van der Waals surface area contributed by atoms with E-state index in [0.29, 0.717) is 12.8 Å². The number of rotatable bonds is 2. The van der Waals surface area contributed by atoms with E-state index in [0.717, 1.165) is 12.8 Å². The van der Waals surface area contributed by atoms with Crippen molar-refractivity contribution in [2.24, 2.45) is 5.41 Å². The van der Waals surface area contributed by atoms with E-state index in [-0.39, 0.29) is 11.8 Å². The lowest BCUT2D eigenvalue weighted by atomic mass is 9.69. The molecule has 3 nitrogen and oxygen atoms in total. The van der Waals surface area contributed by atoms with E-state index < -0.39 is 11.6 Å². The molecule has 0 aromatic carbocycles. The summed E-state index contributed by atoms with van der Waals surface area (Å²) in [5.41, 5.74) is -0.879. The molecule has 0 radical (unpaired) electrons. The van der Waals surface area contributed by atoms with Crippen LogP contribution in [0.15, 0.2) is 0 Å². The van der Waals surface area contributed by atoms with Gasteiger partial charge >= 0.3 is 5.97 Å². The third kappa shape index (κ3) is 2.99. The second kappa shape index (κ2) is 3.29. The maximum Gasteiger partial charge on any atom is 0.306 e. The Bertz CT molecular complexity index is 210. The van der Waals surface area contributed by atoms with Crippen LogP contribution in [0.1, 0.15) is 46.0 Å². The molecular formula is C10H18O3. The Balaban J connectivity index is 2.63. The molecular weight excluding hydrogens is 168 g/mol. The summed E-state index contributed by atoms with van der Waals surface area (Å²) in [5.74, 6) is -0.903. The number of carboxylic acids is 1. The highest BCUT2D eigenvalue weighted by Crippen LogP contribution is 2.42. The highest BCUT2D eigenvalue weighted by atomic mass is 16.4. The Kier molecular flexibility index (Phi) is 2.66. The van der Waals surface area contributed by atoms with Crippen molar-refractivity contribution in [2.75, 3.05) is 0 Å². The van der Waals surface area contributed by atoms with Gasteiger partial charge in [0.05, 0.1) is 12.0 Å². The van der Waals surface area contributed by atoms with Crippen molar-refractivity contribution in [3.63, 3.8) is 0 Å². The minimum Gasteiger partial charge on any atom is -0.481 e. The van der Waals surface area contributed by atoms with E-state index in [1.165, 1.54) is 0 Å². The van der Waals surface area contributed by atoms with Gasteiger partial charge in [0.25, 0.3) is 0 Å². The molecule has 1 rings (SSSR count). The smallest absolute Gasteiger partial charge is 0.306 e. The van der Waals surface area contributed by atoms with Gasteiger partial charge in [0.2, 0.25) is 0 Å². The van der Waals surface area contributed by atoms with Gasteiger partial charge in [-0.2, -0.15) is 0 Å². The molecule has 76 valence electrons. The molecule has 0 bridgehead atoms. The summed E-state index contributed by atoms with van der Waals surface area (Å²) >= 11 is 0. The van der Waals surface area contributed by atoms with Gasteiger partial charge < -0.3 is 10.2 Å². The van der Waals surface area contributed by atoms with E-state index in [9.17, 15) is 9.90 Å². The SMILES string of the molecule is CC1(C)CCCC(O)(CC(=O)O)C1. The Morgan fingerprint density at radius 3 is 2.46 bits per heavy atom. The predicted octanol–water partition coefficient (Wildman–Crippen LogP) is 1.79. The summed E-state index contributed by atoms with van der Waals surface area (Å²) in [5, 5.41) is 18.6. The van der Waals surface area contributed by atoms with Crippen molar-refractivity contribution >= 4 is 5.97 Å². The van der Waals surface area contributed by atoms with Gasteiger partial charge in [0, 0.05) is 0 Å². The Labute approximate surface area is 78.8 Å². The molecule has 0 amide bonds. The molecule has 13 heavy (non-hydrogen) atoms. The maximum absolute atomic E-state index is 10.5. The van der Waals surface area contributed by atoms with Crippen LogP contribution in [0.4, 0.5) is 0 Å². The lowest BCUT2D eigenvalue weighted by Crippen LogP contribution is -2.40. The first-order chi connectivity index (χ1) is 5.83. The maximum atomic E-state index is 10.5. The van der Waals surface area contributed by atoms with Gasteiger partial charge in [-0.3, -0.25) is 4.79 Å². The first-order valence-electron chi connectivity index (χ1n) is 4.77. The third-order valence-corrected chi connectivity index (χ3v) is 2.78. The van der Waals surface area contributed by atoms with Gasteiger partial charge in [0.1, 0.15) is 0 Å². The van der Waals surface area contributed by atoms with Crippen LogP contribution in [-0.2, 0) is 4.79 Å². The molecule has 1 atom stereocenters. The monoisotopic (exact) mass is 186 g/mol. The van der Waals surface area contributed by atoms with Crippen LogP contribution in [0.2, 0.25) is 0 Å². The number of aliphatic hydroxyl groups is 1. The minimum absolute atomic E-state index is 0.0858. The van der Waals surface area contributed by atoms with Crippen molar-refractivity contribution in [2.45, 2.75) is 51.6 Å². The quantitative estimate of drug-likeness (QED) is 0.691. The highest BCUT2D eigenvalue weighted by Gasteiger charge is 2.39. The van der Waals surface area contributed by atoms with Crippen LogP contribution in [0.25, 0.3) is 0 Å². The number of hydrogen-bond donors (Lipinski definition) is 2. The molecule has 0 aromatic rings. The van der Waals surface area contributed by atoms with Crippen molar-refractivity contribution in [3.8, 4) is 0 Å². The van der Waals surface area contributed by atoms with E-state index in [1.807, 2.05) is 0 Å². The van der Waals surface area contributed by atoms with E-state index in [1.54, 1.807) is 0 Å². The zero-order valence-electron chi connectivity index (χ0n) is 8.34. The normalized spacial score (nSPS) is 32.8. The summed E-state index contributed by atoms with van der Waals surface area (Å²) in [6.45, 7) is 4.16. The summed E-state index contributed by atoms with van der Waals surface area (Å²) in [6.07, 6.45) is 3.12. The first kappa shape index (κ1) is 10.5. The van der Waals surface area contributed by atoms with E-state index >= 15 is 0 Å². The fraction of sp³-hybridized carbons (Fsp3) is 0.900. The van der Waals surface area contributed by atoms with Crippen LogP contribution in [-0.4, -0.2) is 21.8 Å². The van der Waals surface area contributed by atoms with Gasteiger partial charge in [0.15, 0.2) is 0 Å². The molecule has 0 saturated heterocycles. The highest BCUT2D eigenvalue weighted by molar-refractivity contribution is 5.68. The second-order valence-corrected chi connectivity index (χ2v) is 4.99. The van der Waals surface area contributed by atoms with Crippen molar-refractivity contribution in [1.29, 1.82) is 0 Å². The second-order valence-electron chi connectivity index (χ2n) is 4.99. The van der Waals surface area contributed by atoms with Gasteiger partial charge in [-0.1, -0.05) is 20.3 Å². The van der Waals surface area contributed by atoms with Crippen LogP contribution in [0, 0.1) is 5.41 Å². The molecule has 3 heteroatoms. The van der Waals surface area contributed by atoms with E-state index in [2.05, 4.69) is 13.8 Å². The zero-order valence-corrected chi connectivity index (χ0v) is 8.34. The standard InChI is InChI=1S/C10H18O3/c1-9(2)4-3-5-10(13,7-9)6-8(11)12/h13H,3-7H2,1-2H3,(H,11,12). The number of aliphatic carboxylic acids is 1. The van der Waals surface area contributed by atoms with Gasteiger partial charge in [-0.05, 0) is 24.7 Å². The number of carboxylic acid groups (broad SMARTS) is 1. The van der Waals surface area contributed by atoms with Gasteiger partial charge in [-0.15, -0.1) is 0 Å². The Morgan fingerprint density at radius 2 is 2.00 bits per heavy atom. The molecule has 1 aliphatic carbocycles. The molecule has 1 fully saturated rings. The topological polar surface area (TPSA) is 57.5 Å². The van der Waals surface area contributed by atoms with Crippen molar-refractivity contribution < 1.29 is 15.0 Å². The third-order valence-electron chi connectivity index (χ3n) is 2.78. The number of hydrogen-bond acceptors (Lipinski definition) is 2. The van der Waals surface area contributed by atoms with Crippen molar-refractivity contribution in [3.05, 3.63) is 0 Å².